The van der Waals surface area contributed by atoms with Gasteiger partial charge < -0.3 is 10.5 Å². The van der Waals surface area contributed by atoms with Crippen molar-refractivity contribution >= 4 is 27.7 Å². The minimum atomic E-state index is -0.0738. The molecule has 0 bridgehead atoms. The highest BCUT2D eigenvalue weighted by molar-refractivity contribution is 9.10. The Morgan fingerprint density at radius 2 is 2.10 bits per heavy atom. The van der Waals surface area contributed by atoms with Gasteiger partial charge >= 0.3 is 0 Å². The van der Waals surface area contributed by atoms with Gasteiger partial charge in [-0.3, -0.25) is 10.3 Å². The molecule has 0 fully saturated rings. The van der Waals surface area contributed by atoms with Crippen LogP contribution in [0.1, 0.15) is 5.56 Å². The van der Waals surface area contributed by atoms with Crippen molar-refractivity contribution in [2.75, 3.05) is 12.0 Å². The number of guanidine groups is 1. The van der Waals surface area contributed by atoms with Gasteiger partial charge in [0.05, 0.1) is 18.1 Å². The summed E-state index contributed by atoms with van der Waals surface area (Å²) in [5, 5.41) is 7.76. The number of aromatic nitrogens is 1. The van der Waals surface area contributed by atoms with Gasteiger partial charge in [-0.25, -0.2) is 4.98 Å². The molecule has 0 aliphatic rings. The third-order valence-electron chi connectivity index (χ3n) is 2.81. The van der Waals surface area contributed by atoms with Gasteiger partial charge in [0.25, 0.3) is 0 Å². The summed E-state index contributed by atoms with van der Waals surface area (Å²) in [7, 11) is 1.62. The minimum Gasteiger partial charge on any atom is -0.496 e. The standard InChI is InChI=1S/C14H15BrN4O/c1-20-12-7-3-2-5-10(12)9-19(14(16)17)13-11(15)6-4-8-18-13/h2-8H,9H2,1H3,(H3,16,17). The lowest BCUT2D eigenvalue weighted by Crippen LogP contribution is -2.36. The van der Waals surface area contributed by atoms with E-state index >= 15 is 0 Å². The van der Waals surface area contributed by atoms with Gasteiger partial charge in [-0.15, -0.1) is 0 Å². The Kier molecular flexibility index (Phi) is 4.57. The number of hydrogen-bond acceptors (Lipinski definition) is 3. The summed E-state index contributed by atoms with van der Waals surface area (Å²) >= 11 is 3.43. The predicted molar refractivity (Wildman–Crippen MR) is 83.0 cm³/mol. The summed E-state index contributed by atoms with van der Waals surface area (Å²) in [6.07, 6.45) is 1.66. The first kappa shape index (κ1) is 14.3. The molecule has 6 heteroatoms. The molecule has 1 aromatic heterocycles. The van der Waals surface area contributed by atoms with Gasteiger partial charge in [-0.2, -0.15) is 0 Å². The zero-order valence-corrected chi connectivity index (χ0v) is 12.6. The highest BCUT2D eigenvalue weighted by Gasteiger charge is 2.16. The maximum atomic E-state index is 7.76. The number of nitrogens with one attached hydrogen (secondary N) is 1. The molecule has 0 radical (unpaired) electrons. The highest BCUT2D eigenvalue weighted by Crippen LogP contribution is 2.26. The Morgan fingerprint density at radius 3 is 2.75 bits per heavy atom. The van der Waals surface area contributed by atoms with Crippen LogP contribution in [0.15, 0.2) is 47.1 Å². The maximum Gasteiger partial charge on any atom is 0.194 e. The zero-order chi connectivity index (χ0) is 14.5. The molecule has 2 aromatic rings. The molecule has 0 aliphatic carbocycles. The second-order valence-corrected chi connectivity index (χ2v) is 4.95. The van der Waals surface area contributed by atoms with Crippen LogP contribution in [0.4, 0.5) is 5.82 Å². The molecule has 0 atom stereocenters. The van der Waals surface area contributed by atoms with Gasteiger partial charge in [-0.1, -0.05) is 18.2 Å². The van der Waals surface area contributed by atoms with Crippen LogP contribution in [-0.4, -0.2) is 18.1 Å². The zero-order valence-electron chi connectivity index (χ0n) is 11.0. The summed E-state index contributed by atoms with van der Waals surface area (Å²) in [6, 6.07) is 11.3. The van der Waals surface area contributed by atoms with Crippen LogP contribution >= 0.6 is 15.9 Å². The molecule has 0 amide bonds. The van der Waals surface area contributed by atoms with Crippen molar-refractivity contribution in [3.63, 3.8) is 0 Å². The van der Waals surface area contributed by atoms with Gasteiger partial charge in [-0.05, 0) is 34.1 Å². The lowest BCUT2D eigenvalue weighted by molar-refractivity contribution is 0.410. The molecule has 3 N–H and O–H groups in total. The third kappa shape index (κ3) is 3.08. The van der Waals surface area contributed by atoms with Crippen molar-refractivity contribution in [1.29, 1.82) is 5.41 Å². The van der Waals surface area contributed by atoms with Gasteiger partial charge in [0.15, 0.2) is 5.96 Å². The number of nitrogens with zero attached hydrogens (tertiary/aromatic N) is 2. The van der Waals surface area contributed by atoms with E-state index in [1.54, 1.807) is 18.2 Å². The summed E-state index contributed by atoms with van der Waals surface area (Å²) in [6.45, 7) is 0.412. The molecule has 0 unspecified atom stereocenters. The Balaban J connectivity index is 2.36. The van der Waals surface area contributed by atoms with E-state index in [0.29, 0.717) is 12.4 Å². The van der Waals surface area contributed by atoms with Gasteiger partial charge in [0.2, 0.25) is 0 Å². The van der Waals surface area contributed by atoms with Crippen molar-refractivity contribution in [2.45, 2.75) is 6.54 Å². The molecule has 0 saturated heterocycles. The number of ether oxygens (including phenoxy) is 1. The molecule has 0 spiro atoms. The van der Waals surface area contributed by atoms with Crippen LogP contribution in [0.25, 0.3) is 0 Å². The number of nitrogens with two attached hydrogens (primary N) is 1. The number of hydrogen-bond donors (Lipinski definition) is 2. The van der Waals surface area contributed by atoms with E-state index in [0.717, 1.165) is 15.8 Å². The molecular weight excluding hydrogens is 320 g/mol. The summed E-state index contributed by atoms with van der Waals surface area (Å²) in [5.41, 5.74) is 6.62. The largest absolute Gasteiger partial charge is 0.496 e. The second-order valence-electron chi connectivity index (χ2n) is 4.09. The number of anilines is 1. The molecule has 20 heavy (non-hydrogen) atoms. The fraction of sp³-hybridized carbons (Fsp3) is 0.143. The molecule has 2 rings (SSSR count). The smallest absolute Gasteiger partial charge is 0.194 e. The Labute approximate surface area is 126 Å². The minimum absolute atomic E-state index is 0.0738. The maximum absolute atomic E-state index is 7.76. The first-order valence-electron chi connectivity index (χ1n) is 5.97. The van der Waals surface area contributed by atoms with E-state index in [4.69, 9.17) is 15.9 Å². The SMILES string of the molecule is COc1ccccc1CN(C(=N)N)c1ncccc1Br. The molecule has 1 heterocycles. The van der Waals surface area contributed by atoms with Crippen molar-refractivity contribution in [3.8, 4) is 5.75 Å². The average Bonchev–Trinajstić information content (AvgIpc) is 2.46. The number of halogens is 1. The van der Waals surface area contributed by atoms with Crippen molar-refractivity contribution in [1.82, 2.24) is 4.98 Å². The van der Waals surface area contributed by atoms with E-state index in [-0.39, 0.29) is 5.96 Å². The van der Waals surface area contributed by atoms with E-state index < -0.39 is 0 Å². The summed E-state index contributed by atoms with van der Waals surface area (Å²) in [5.74, 6) is 1.28. The third-order valence-corrected chi connectivity index (χ3v) is 3.43. The van der Waals surface area contributed by atoms with Crippen LogP contribution < -0.4 is 15.4 Å². The predicted octanol–water partition coefficient (Wildman–Crippen LogP) is 2.75. The first-order valence-corrected chi connectivity index (χ1v) is 6.76. The molecule has 0 aliphatic heterocycles. The van der Waals surface area contributed by atoms with Crippen molar-refractivity contribution in [2.24, 2.45) is 5.73 Å². The topological polar surface area (TPSA) is 75.2 Å². The molecule has 5 nitrogen and oxygen atoms in total. The lowest BCUT2D eigenvalue weighted by Gasteiger charge is -2.23. The fourth-order valence-electron chi connectivity index (χ4n) is 1.85. The van der Waals surface area contributed by atoms with Crippen LogP contribution in [0.5, 0.6) is 5.75 Å². The van der Waals surface area contributed by atoms with E-state index in [9.17, 15) is 0 Å². The normalized spacial score (nSPS) is 10.1. The van der Waals surface area contributed by atoms with Crippen LogP contribution in [0.2, 0.25) is 0 Å². The van der Waals surface area contributed by atoms with Crippen LogP contribution in [-0.2, 0) is 6.54 Å². The highest BCUT2D eigenvalue weighted by atomic mass is 79.9. The number of para-hydroxylation sites is 1. The van der Waals surface area contributed by atoms with Crippen LogP contribution in [0, 0.1) is 5.41 Å². The van der Waals surface area contributed by atoms with E-state index in [1.165, 1.54) is 0 Å². The number of pyridine rings is 1. The van der Waals surface area contributed by atoms with Gasteiger partial charge in [0.1, 0.15) is 11.6 Å². The first-order chi connectivity index (χ1) is 9.63. The van der Waals surface area contributed by atoms with E-state index in [2.05, 4.69) is 20.9 Å². The molecule has 0 saturated carbocycles. The Morgan fingerprint density at radius 1 is 1.35 bits per heavy atom. The molecule has 104 valence electrons. The van der Waals surface area contributed by atoms with Crippen LogP contribution in [0.3, 0.4) is 0 Å². The summed E-state index contributed by atoms with van der Waals surface area (Å²) < 4.78 is 6.10. The average molecular weight is 335 g/mol. The monoisotopic (exact) mass is 334 g/mol. The van der Waals surface area contributed by atoms with E-state index in [1.807, 2.05) is 36.4 Å². The van der Waals surface area contributed by atoms with Crippen molar-refractivity contribution < 1.29 is 4.74 Å². The summed E-state index contributed by atoms with van der Waals surface area (Å²) in [4.78, 5) is 5.88. The van der Waals surface area contributed by atoms with Gasteiger partial charge in [0, 0.05) is 11.8 Å². The molecular formula is C14H15BrN4O. The number of rotatable bonds is 4. The fourth-order valence-corrected chi connectivity index (χ4v) is 2.32. The Bertz CT molecular complexity index is 618. The number of benzene rings is 1. The number of methoxy groups -OCH3 is 1. The van der Waals surface area contributed by atoms with Crippen molar-refractivity contribution in [3.05, 3.63) is 52.6 Å². The quantitative estimate of drug-likeness (QED) is 0.665. The second kappa shape index (κ2) is 6.38. The lowest BCUT2D eigenvalue weighted by atomic mass is 10.2. The Hall–Kier alpha value is -2.08. The molecule has 1 aromatic carbocycles.